The molecule has 0 bridgehead atoms. The lowest BCUT2D eigenvalue weighted by atomic mass is 9.97. The highest BCUT2D eigenvalue weighted by molar-refractivity contribution is 5.78. The molecule has 2 rings (SSSR count). The average Bonchev–Trinajstić information content (AvgIpc) is 2.53. The van der Waals surface area contributed by atoms with Crippen LogP contribution < -0.4 is 0 Å². The van der Waals surface area contributed by atoms with Crippen LogP contribution in [0.2, 0.25) is 0 Å². The van der Waals surface area contributed by atoms with Crippen LogP contribution in [-0.2, 0) is 14.3 Å². The van der Waals surface area contributed by atoms with Gasteiger partial charge in [-0.25, -0.2) is 4.79 Å². The van der Waals surface area contributed by atoms with Crippen molar-refractivity contribution in [2.45, 2.75) is 25.7 Å². The van der Waals surface area contributed by atoms with Gasteiger partial charge in [-0.1, -0.05) is 0 Å². The van der Waals surface area contributed by atoms with Crippen LogP contribution in [0.1, 0.15) is 25.7 Å². The van der Waals surface area contributed by atoms with E-state index in [9.17, 15) is 14.4 Å². The fourth-order valence-corrected chi connectivity index (χ4v) is 3.06. The lowest BCUT2D eigenvalue weighted by molar-refractivity contribution is -0.146. The van der Waals surface area contributed by atoms with Gasteiger partial charge in [0, 0.05) is 26.2 Å². The maximum Gasteiger partial charge on any atom is 0.320 e. The fraction of sp³-hybridized carbons (Fsp3) is 0.786. The number of likely N-dealkylation sites (tertiary alicyclic amines) is 2. The highest BCUT2D eigenvalue weighted by Crippen LogP contribution is 2.22. The molecule has 0 aromatic heterocycles. The van der Waals surface area contributed by atoms with Gasteiger partial charge >= 0.3 is 18.0 Å². The number of urea groups is 1. The number of hydrogen-bond donors (Lipinski definition) is 1. The second-order valence-electron chi connectivity index (χ2n) is 5.71. The van der Waals surface area contributed by atoms with Gasteiger partial charge in [-0.2, -0.15) is 0 Å². The average molecular weight is 298 g/mol. The summed E-state index contributed by atoms with van der Waals surface area (Å²) in [6.07, 6.45) is 2.82. The first-order valence-electron chi connectivity index (χ1n) is 7.37. The number of ether oxygens (including phenoxy) is 1. The van der Waals surface area contributed by atoms with E-state index in [0.717, 1.165) is 12.8 Å². The summed E-state index contributed by atoms with van der Waals surface area (Å²) in [6, 6.07) is -0.158. The molecule has 0 saturated carbocycles. The fourth-order valence-electron chi connectivity index (χ4n) is 3.06. The van der Waals surface area contributed by atoms with Gasteiger partial charge < -0.3 is 19.6 Å². The van der Waals surface area contributed by atoms with Gasteiger partial charge in [-0.3, -0.25) is 9.59 Å². The Labute approximate surface area is 123 Å². The zero-order chi connectivity index (χ0) is 15.4. The predicted molar refractivity (Wildman–Crippen MR) is 73.6 cm³/mol. The molecule has 0 aliphatic carbocycles. The van der Waals surface area contributed by atoms with E-state index in [0.29, 0.717) is 32.5 Å². The molecule has 2 aliphatic rings. The van der Waals surface area contributed by atoms with Crippen LogP contribution in [0.5, 0.6) is 0 Å². The Bertz CT molecular complexity index is 426. The summed E-state index contributed by atoms with van der Waals surface area (Å²) in [5.41, 5.74) is 0. The summed E-state index contributed by atoms with van der Waals surface area (Å²) in [5.74, 6) is -1.88. The highest BCUT2D eigenvalue weighted by Gasteiger charge is 2.34. The first-order chi connectivity index (χ1) is 10.0. The summed E-state index contributed by atoms with van der Waals surface area (Å²) >= 11 is 0. The van der Waals surface area contributed by atoms with E-state index in [1.54, 1.807) is 9.80 Å². The van der Waals surface area contributed by atoms with Crippen LogP contribution >= 0.6 is 0 Å². The third-order valence-electron chi connectivity index (χ3n) is 4.27. The van der Waals surface area contributed by atoms with Gasteiger partial charge in [-0.05, 0) is 25.7 Å². The molecule has 0 radical (unpaired) electrons. The van der Waals surface area contributed by atoms with E-state index in [2.05, 4.69) is 0 Å². The first-order valence-corrected chi connectivity index (χ1v) is 7.37. The summed E-state index contributed by atoms with van der Waals surface area (Å²) < 4.78 is 4.74. The molecule has 0 aromatic rings. The summed E-state index contributed by atoms with van der Waals surface area (Å²) in [6.45, 7) is 1.82. The number of hydrogen-bond acceptors (Lipinski definition) is 4. The van der Waals surface area contributed by atoms with E-state index in [4.69, 9.17) is 9.84 Å². The van der Waals surface area contributed by atoms with E-state index < -0.39 is 11.9 Å². The Hall–Kier alpha value is -1.79. The molecule has 2 atom stereocenters. The second-order valence-corrected chi connectivity index (χ2v) is 5.71. The molecule has 0 aromatic carbocycles. The number of amides is 2. The third kappa shape index (κ3) is 3.65. The van der Waals surface area contributed by atoms with Crippen LogP contribution in [0.25, 0.3) is 0 Å². The summed E-state index contributed by atoms with van der Waals surface area (Å²) in [5, 5.41) is 9.08. The number of aliphatic carboxylic acids is 1. The summed E-state index contributed by atoms with van der Waals surface area (Å²) in [7, 11) is 1.35. The van der Waals surface area contributed by atoms with Crippen LogP contribution in [-0.4, -0.2) is 66.2 Å². The van der Waals surface area contributed by atoms with Gasteiger partial charge in [0.15, 0.2) is 0 Å². The first kappa shape index (κ1) is 15.6. The van der Waals surface area contributed by atoms with Crippen molar-refractivity contribution < 1.29 is 24.2 Å². The standard InChI is InChI=1S/C14H22N2O5/c1-21-13(19)11-5-3-7-16(9-11)14(20)15-6-2-4-10(8-15)12(17)18/h10-11H,2-9H2,1H3,(H,17,18)/t10-,11?/m0/s1. The van der Waals surface area contributed by atoms with E-state index in [-0.39, 0.29) is 24.5 Å². The maximum atomic E-state index is 12.5. The van der Waals surface area contributed by atoms with Gasteiger partial charge in [0.25, 0.3) is 0 Å². The number of piperidine rings is 2. The molecule has 1 N–H and O–H groups in total. The van der Waals surface area contributed by atoms with E-state index >= 15 is 0 Å². The van der Waals surface area contributed by atoms with Crippen molar-refractivity contribution in [1.29, 1.82) is 0 Å². The van der Waals surface area contributed by atoms with Crippen LogP contribution in [0.3, 0.4) is 0 Å². The van der Waals surface area contributed by atoms with Crippen molar-refractivity contribution in [2.24, 2.45) is 11.8 Å². The SMILES string of the molecule is COC(=O)C1CCCN(C(=O)N2CCC[C@H](C(=O)O)C2)C1. The van der Waals surface area contributed by atoms with Crippen molar-refractivity contribution in [3.8, 4) is 0 Å². The minimum atomic E-state index is -0.849. The molecule has 2 heterocycles. The molecule has 7 heteroatoms. The van der Waals surface area contributed by atoms with Crippen molar-refractivity contribution in [3.63, 3.8) is 0 Å². The summed E-state index contributed by atoms with van der Waals surface area (Å²) in [4.78, 5) is 38.4. The van der Waals surface area contributed by atoms with Crippen molar-refractivity contribution in [2.75, 3.05) is 33.3 Å². The number of nitrogens with zero attached hydrogens (tertiary/aromatic N) is 2. The molecular formula is C14H22N2O5. The second kappa shape index (κ2) is 6.78. The van der Waals surface area contributed by atoms with Crippen LogP contribution in [0.15, 0.2) is 0 Å². The number of esters is 1. The molecule has 118 valence electrons. The Balaban J connectivity index is 1.95. The lowest BCUT2D eigenvalue weighted by Gasteiger charge is -2.38. The Morgan fingerprint density at radius 2 is 1.52 bits per heavy atom. The lowest BCUT2D eigenvalue weighted by Crippen LogP contribution is -2.52. The third-order valence-corrected chi connectivity index (χ3v) is 4.27. The van der Waals surface area contributed by atoms with Crippen molar-refractivity contribution >= 4 is 18.0 Å². The normalized spacial score (nSPS) is 26.3. The number of methoxy groups -OCH3 is 1. The number of carbonyl (C=O) groups excluding carboxylic acids is 2. The number of carboxylic acids is 1. The predicted octanol–water partition coefficient (Wildman–Crippen LogP) is 0.788. The van der Waals surface area contributed by atoms with Crippen LogP contribution in [0.4, 0.5) is 4.79 Å². The molecule has 2 amide bonds. The Morgan fingerprint density at radius 3 is 2.05 bits per heavy atom. The van der Waals surface area contributed by atoms with E-state index in [1.165, 1.54) is 7.11 Å². The molecule has 7 nitrogen and oxygen atoms in total. The minimum Gasteiger partial charge on any atom is -0.481 e. The quantitative estimate of drug-likeness (QED) is 0.762. The largest absolute Gasteiger partial charge is 0.481 e. The van der Waals surface area contributed by atoms with E-state index in [1.807, 2.05) is 0 Å². The topological polar surface area (TPSA) is 87.2 Å². The van der Waals surface area contributed by atoms with Crippen molar-refractivity contribution in [1.82, 2.24) is 9.80 Å². The molecule has 21 heavy (non-hydrogen) atoms. The monoisotopic (exact) mass is 298 g/mol. The molecule has 2 fully saturated rings. The molecule has 2 saturated heterocycles. The molecule has 2 aliphatic heterocycles. The Morgan fingerprint density at radius 1 is 1.00 bits per heavy atom. The smallest absolute Gasteiger partial charge is 0.320 e. The van der Waals surface area contributed by atoms with Gasteiger partial charge in [0.05, 0.1) is 18.9 Å². The minimum absolute atomic E-state index is 0.158. The molecular weight excluding hydrogens is 276 g/mol. The molecule has 0 spiro atoms. The molecule has 1 unspecified atom stereocenters. The van der Waals surface area contributed by atoms with Crippen molar-refractivity contribution in [3.05, 3.63) is 0 Å². The van der Waals surface area contributed by atoms with Gasteiger partial charge in [0.1, 0.15) is 0 Å². The van der Waals surface area contributed by atoms with Gasteiger partial charge in [0.2, 0.25) is 0 Å². The Kier molecular flexibility index (Phi) is 5.03. The maximum absolute atomic E-state index is 12.5. The number of carboxylic acid groups (broad SMARTS) is 1. The zero-order valence-corrected chi connectivity index (χ0v) is 12.3. The zero-order valence-electron chi connectivity index (χ0n) is 12.3. The highest BCUT2D eigenvalue weighted by atomic mass is 16.5. The number of carbonyl (C=O) groups is 3. The number of rotatable bonds is 2. The van der Waals surface area contributed by atoms with Gasteiger partial charge in [-0.15, -0.1) is 0 Å². The van der Waals surface area contributed by atoms with Crippen LogP contribution in [0, 0.1) is 11.8 Å².